The molecule has 11 nitrogen and oxygen atoms in total. The van der Waals surface area contributed by atoms with E-state index in [-0.39, 0.29) is 60.2 Å². The molecule has 0 bridgehead atoms. The molecule has 0 radical (unpaired) electrons. The number of aliphatic hydroxyl groups excluding tert-OH is 1. The van der Waals surface area contributed by atoms with E-state index in [9.17, 15) is 29.4 Å². The summed E-state index contributed by atoms with van der Waals surface area (Å²) in [5.74, 6) is -2.49. The Labute approximate surface area is 329 Å². The van der Waals surface area contributed by atoms with Gasteiger partial charge in [0, 0.05) is 36.3 Å². The number of amides is 3. The number of rotatable bonds is 17. The first-order valence-corrected chi connectivity index (χ1v) is 20.6. The summed E-state index contributed by atoms with van der Waals surface area (Å²) in [6.07, 6.45) is 3.53. The van der Waals surface area contributed by atoms with Crippen molar-refractivity contribution in [2.75, 3.05) is 20.6 Å². The summed E-state index contributed by atoms with van der Waals surface area (Å²) in [5.41, 5.74) is 2.62. The molecule has 12 heteroatoms. The number of carbonyl (C=O) groups is 4. The number of nitrogens with one attached hydrogen (secondary N) is 2. The third-order valence-electron chi connectivity index (χ3n) is 11.9. The van der Waals surface area contributed by atoms with Crippen molar-refractivity contribution in [3.05, 3.63) is 76.2 Å². The van der Waals surface area contributed by atoms with Gasteiger partial charge < -0.3 is 25.7 Å². The van der Waals surface area contributed by atoms with Crippen molar-refractivity contribution < 1.29 is 29.4 Å². The maximum absolute atomic E-state index is 14.1. The molecule has 2 heterocycles. The molecule has 2 fully saturated rings. The van der Waals surface area contributed by atoms with Crippen molar-refractivity contribution in [3.8, 4) is 11.1 Å². The number of aliphatic hydroxyl groups is 1. The van der Waals surface area contributed by atoms with Gasteiger partial charge in [0.2, 0.25) is 11.8 Å². The molecule has 4 N–H and O–H groups in total. The Hall–Kier alpha value is -4.13. The lowest BCUT2D eigenvalue weighted by Gasteiger charge is -2.38. The zero-order valence-corrected chi connectivity index (χ0v) is 34.1. The van der Waals surface area contributed by atoms with E-state index in [1.165, 1.54) is 11.3 Å². The number of carboxylic acids is 1. The highest BCUT2D eigenvalue weighted by Gasteiger charge is 2.57. The van der Waals surface area contributed by atoms with E-state index in [2.05, 4.69) is 32.7 Å². The first-order chi connectivity index (χ1) is 26.1. The second kappa shape index (κ2) is 18.2. The van der Waals surface area contributed by atoms with E-state index in [0.717, 1.165) is 42.5 Å². The fourth-order valence-electron chi connectivity index (χ4n) is 8.09. The van der Waals surface area contributed by atoms with Gasteiger partial charge >= 0.3 is 5.97 Å². The van der Waals surface area contributed by atoms with Crippen LogP contribution in [-0.4, -0.2) is 93.0 Å². The predicted molar refractivity (Wildman–Crippen MR) is 216 cm³/mol. The molecule has 5 unspecified atom stereocenters. The van der Waals surface area contributed by atoms with Crippen molar-refractivity contribution in [2.45, 2.75) is 115 Å². The Morgan fingerprint density at radius 1 is 1.02 bits per heavy atom. The summed E-state index contributed by atoms with van der Waals surface area (Å²) in [7, 11) is 3.68. The van der Waals surface area contributed by atoms with Crippen molar-refractivity contribution in [1.29, 1.82) is 0 Å². The second-order valence-corrected chi connectivity index (χ2v) is 17.1. The summed E-state index contributed by atoms with van der Waals surface area (Å²) < 4.78 is 0. The molecule has 8 atom stereocenters. The quantitative estimate of drug-likeness (QED) is 0.121. The topological polar surface area (TPSA) is 152 Å². The van der Waals surface area contributed by atoms with E-state index in [1.54, 1.807) is 24.3 Å². The first-order valence-electron chi connectivity index (χ1n) is 19.8. The molecular formula is C43H59N5O6S. The molecule has 1 saturated heterocycles. The fourth-order valence-corrected chi connectivity index (χ4v) is 8.89. The maximum atomic E-state index is 14.1. The van der Waals surface area contributed by atoms with Gasteiger partial charge in [0.05, 0.1) is 12.0 Å². The van der Waals surface area contributed by atoms with Crippen LogP contribution in [0.25, 0.3) is 11.1 Å². The van der Waals surface area contributed by atoms with Crippen LogP contribution in [0.2, 0.25) is 0 Å². The van der Waals surface area contributed by atoms with Crippen LogP contribution in [-0.2, 0) is 14.4 Å². The third kappa shape index (κ3) is 10.0. The summed E-state index contributed by atoms with van der Waals surface area (Å²) in [5, 5.41) is 29.4. The smallest absolute Gasteiger partial charge is 0.306 e. The minimum Gasteiger partial charge on any atom is -0.481 e. The van der Waals surface area contributed by atoms with E-state index in [1.807, 2.05) is 77.2 Å². The average molecular weight is 774 g/mol. The predicted octanol–water partition coefficient (Wildman–Crippen LogP) is 6.50. The van der Waals surface area contributed by atoms with Gasteiger partial charge in [-0.1, -0.05) is 102 Å². The number of carboxylic acid groups (broad SMARTS) is 1. The van der Waals surface area contributed by atoms with Crippen LogP contribution in [0, 0.1) is 17.8 Å². The Kier molecular flexibility index (Phi) is 13.9. The SMILES string of the molecule is CCC(C)[C@H](NC(=O)C1CCCCN1C)C(=O)N(C)C(C[C@@H](O)c1nc(C(=O)NC2(C[C@H](C)C(=O)O)CC2c2ccc(-c3ccccc3)cc2)cs1)C(C)C. The van der Waals surface area contributed by atoms with Crippen LogP contribution in [0.1, 0.15) is 113 Å². The number of aromatic nitrogens is 1. The van der Waals surface area contributed by atoms with E-state index in [4.69, 9.17) is 0 Å². The molecule has 1 aromatic heterocycles. The highest BCUT2D eigenvalue weighted by atomic mass is 32.1. The number of carbonyl (C=O) groups excluding carboxylic acids is 3. The monoisotopic (exact) mass is 773 g/mol. The highest BCUT2D eigenvalue weighted by molar-refractivity contribution is 7.09. The van der Waals surface area contributed by atoms with Crippen LogP contribution in [0.5, 0.6) is 0 Å². The van der Waals surface area contributed by atoms with Gasteiger partial charge in [0.1, 0.15) is 22.8 Å². The number of likely N-dealkylation sites (N-methyl/N-ethyl adjacent to an activating group) is 2. The van der Waals surface area contributed by atoms with Crippen LogP contribution in [0.4, 0.5) is 0 Å². The zero-order chi connectivity index (χ0) is 40.0. The van der Waals surface area contributed by atoms with Crippen LogP contribution >= 0.6 is 11.3 Å². The number of hydrogen-bond donors (Lipinski definition) is 4. The lowest BCUT2D eigenvalue weighted by atomic mass is 9.92. The summed E-state index contributed by atoms with van der Waals surface area (Å²) in [6.45, 7) is 10.5. The number of aliphatic carboxylic acids is 1. The fraction of sp³-hybridized carbons (Fsp3) is 0.558. The van der Waals surface area contributed by atoms with Gasteiger partial charge in [-0.2, -0.15) is 0 Å². The molecule has 1 aliphatic carbocycles. The van der Waals surface area contributed by atoms with Gasteiger partial charge in [-0.15, -0.1) is 11.3 Å². The number of hydrogen-bond acceptors (Lipinski definition) is 8. The Morgan fingerprint density at radius 3 is 2.31 bits per heavy atom. The van der Waals surface area contributed by atoms with Crippen LogP contribution in [0.3, 0.4) is 0 Å². The zero-order valence-electron chi connectivity index (χ0n) is 33.3. The van der Waals surface area contributed by atoms with Crippen LogP contribution in [0.15, 0.2) is 60.0 Å². The molecule has 3 aromatic rings. The summed E-state index contributed by atoms with van der Waals surface area (Å²) in [4.78, 5) is 61.4. The molecule has 1 saturated carbocycles. The maximum Gasteiger partial charge on any atom is 0.306 e. The van der Waals surface area contributed by atoms with Gasteiger partial charge in [-0.25, -0.2) is 4.98 Å². The van der Waals surface area contributed by atoms with Crippen molar-refractivity contribution >= 4 is 35.0 Å². The van der Waals surface area contributed by atoms with Gasteiger partial charge in [0.25, 0.3) is 5.91 Å². The lowest BCUT2D eigenvalue weighted by Crippen LogP contribution is -2.58. The minimum atomic E-state index is -1.04. The number of likely N-dealkylation sites (tertiary alicyclic amines) is 1. The van der Waals surface area contributed by atoms with Crippen LogP contribution < -0.4 is 10.6 Å². The Balaban J connectivity index is 1.26. The molecule has 0 spiro atoms. The molecule has 5 rings (SSSR count). The molecular weight excluding hydrogens is 715 g/mol. The molecule has 2 aliphatic rings. The van der Waals surface area contributed by atoms with Crippen molar-refractivity contribution in [3.63, 3.8) is 0 Å². The number of nitrogens with zero attached hydrogens (tertiary/aromatic N) is 3. The number of piperidine rings is 1. The second-order valence-electron chi connectivity index (χ2n) is 16.2. The average Bonchev–Trinajstić information content (AvgIpc) is 3.62. The molecule has 3 amide bonds. The normalized spacial score (nSPS) is 22.6. The number of thiazole rings is 1. The molecule has 55 heavy (non-hydrogen) atoms. The lowest BCUT2D eigenvalue weighted by molar-refractivity contribution is -0.141. The van der Waals surface area contributed by atoms with Gasteiger partial charge in [-0.3, -0.25) is 24.1 Å². The standard InChI is InChI=1S/C43H59N5O6S/c1-8-27(4)37(45-39(51)34-16-12-13-21-47(34)6)41(52)48(7)35(26(2)3)22-36(49)40-44-33(25-55-40)38(50)46-43(23-28(5)42(53)54)24-32(43)31-19-17-30(18-20-31)29-14-10-9-11-15-29/h9-11,14-15,17-20,25-28,32,34-37,49H,8,12-13,16,21-24H2,1-7H3,(H,45,51)(H,46,50)(H,53,54)/t27?,28-,32?,34?,35?,36+,37-,43?/m0/s1. The van der Waals surface area contributed by atoms with Crippen molar-refractivity contribution in [1.82, 2.24) is 25.4 Å². The highest BCUT2D eigenvalue weighted by Crippen LogP contribution is 2.55. The van der Waals surface area contributed by atoms with Gasteiger partial charge in [0.15, 0.2) is 0 Å². The first kappa shape index (κ1) is 42.0. The van der Waals surface area contributed by atoms with Crippen molar-refractivity contribution in [2.24, 2.45) is 17.8 Å². The molecule has 298 valence electrons. The minimum absolute atomic E-state index is 0.0197. The third-order valence-corrected chi connectivity index (χ3v) is 12.9. The summed E-state index contributed by atoms with van der Waals surface area (Å²) >= 11 is 1.18. The number of benzene rings is 2. The largest absolute Gasteiger partial charge is 0.481 e. The Bertz CT molecular complexity index is 1780. The van der Waals surface area contributed by atoms with E-state index in [0.29, 0.717) is 17.8 Å². The van der Waals surface area contributed by atoms with E-state index >= 15 is 0 Å². The Morgan fingerprint density at radius 2 is 1.69 bits per heavy atom. The molecule has 2 aromatic carbocycles. The van der Waals surface area contributed by atoms with Gasteiger partial charge in [-0.05, 0) is 67.8 Å². The molecule has 1 aliphatic heterocycles. The van der Waals surface area contributed by atoms with E-state index < -0.39 is 35.5 Å². The summed E-state index contributed by atoms with van der Waals surface area (Å²) in [6, 6.07) is 16.9.